The number of nitrogens with one attached hydrogen (secondary N) is 2. The highest BCUT2D eigenvalue weighted by molar-refractivity contribution is 7.16. The van der Waals surface area contributed by atoms with E-state index >= 15 is 0 Å². The summed E-state index contributed by atoms with van der Waals surface area (Å²) in [6, 6.07) is 5.58. The SMILES string of the molecule is Cc1nnc(C(C)C)n1C1C[C@@H]2CC[C@@H](C1)N2CC[C@H](NC(=O)C1CCCC1)c1ccc(NC=O)s1. The van der Waals surface area contributed by atoms with E-state index in [1.807, 2.05) is 6.07 Å². The molecule has 2 bridgehead atoms. The number of aromatic nitrogens is 3. The molecule has 2 saturated heterocycles. The van der Waals surface area contributed by atoms with E-state index in [9.17, 15) is 9.59 Å². The molecule has 1 aliphatic carbocycles. The van der Waals surface area contributed by atoms with Gasteiger partial charge in [-0.05, 0) is 64.0 Å². The zero-order valence-corrected chi connectivity index (χ0v) is 22.6. The lowest BCUT2D eigenvalue weighted by molar-refractivity contribution is -0.125. The van der Waals surface area contributed by atoms with Gasteiger partial charge >= 0.3 is 0 Å². The molecule has 5 rings (SSSR count). The topological polar surface area (TPSA) is 92.2 Å². The first-order valence-electron chi connectivity index (χ1n) is 13.7. The first kappa shape index (κ1) is 25.4. The van der Waals surface area contributed by atoms with Crippen LogP contribution < -0.4 is 10.6 Å². The van der Waals surface area contributed by atoms with Crippen LogP contribution in [-0.2, 0) is 9.59 Å². The van der Waals surface area contributed by atoms with Crippen molar-refractivity contribution in [2.24, 2.45) is 5.92 Å². The molecular weight excluding hydrogens is 472 g/mol. The summed E-state index contributed by atoms with van der Waals surface area (Å²) in [4.78, 5) is 27.8. The molecule has 9 heteroatoms. The quantitative estimate of drug-likeness (QED) is 0.440. The molecule has 2 aromatic heterocycles. The number of carbonyl (C=O) groups is 2. The Morgan fingerprint density at radius 2 is 1.83 bits per heavy atom. The molecule has 2 aliphatic heterocycles. The summed E-state index contributed by atoms with van der Waals surface area (Å²) >= 11 is 1.57. The van der Waals surface area contributed by atoms with Gasteiger partial charge in [-0.2, -0.15) is 0 Å². The highest BCUT2D eigenvalue weighted by Gasteiger charge is 2.42. The van der Waals surface area contributed by atoms with Gasteiger partial charge in [0.1, 0.15) is 11.6 Å². The molecule has 0 radical (unpaired) electrons. The molecule has 196 valence electrons. The van der Waals surface area contributed by atoms with Crippen LogP contribution in [-0.4, -0.2) is 50.6 Å². The zero-order chi connectivity index (χ0) is 25.2. The van der Waals surface area contributed by atoms with Gasteiger partial charge in [0.15, 0.2) is 0 Å². The number of nitrogens with zero attached hydrogens (tertiary/aromatic N) is 4. The molecule has 3 fully saturated rings. The first-order valence-corrected chi connectivity index (χ1v) is 14.5. The van der Waals surface area contributed by atoms with E-state index in [1.165, 1.54) is 12.8 Å². The molecule has 3 aliphatic rings. The minimum atomic E-state index is -0.0185. The fraction of sp³-hybridized carbons (Fsp3) is 0.704. The average molecular weight is 513 g/mol. The van der Waals surface area contributed by atoms with Gasteiger partial charge in [-0.3, -0.25) is 14.5 Å². The normalized spacial score (nSPS) is 25.4. The highest BCUT2D eigenvalue weighted by atomic mass is 32.1. The molecule has 1 saturated carbocycles. The fourth-order valence-electron chi connectivity index (χ4n) is 6.77. The van der Waals surface area contributed by atoms with Gasteiger partial charge < -0.3 is 15.2 Å². The summed E-state index contributed by atoms with van der Waals surface area (Å²) in [5.74, 6) is 2.85. The van der Waals surface area contributed by atoms with Gasteiger partial charge in [0.05, 0.1) is 11.0 Å². The Bertz CT molecular complexity index is 1040. The van der Waals surface area contributed by atoms with Crippen LogP contribution in [0.4, 0.5) is 5.00 Å². The van der Waals surface area contributed by atoms with Crippen LogP contribution in [0.5, 0.6) is 0 Å². The first-order chi connectivity index (χ1) is 17.4. The van der Waals surface area contributed by atoms with Crippen molar-refractivity contribution in [3.63, 3.8) is 0 Å². The Kier molecular flexibility index (Phi) is 7.76. The largest absolute Gasteiger partial charge is 0.348 e. The van der Waals surface area contributed by atoms with Crippen LogP contribution >= 0.6 is 11.3 Å². The van der Waals surface area contributed by atoms with Crippen molar-refractivity contribution >= 4 is 28.7 Å². The number of carbonyl (C=O) groups excluding carboxylic acids is 2. The predicted octanol–water partition coefficient (Wildman–Crippen LogP) is 4.95. The van der Waals surface area contributed by atoms with Crippen LogP contribution in [0, 0.1) is 12.8 Å². The number of anilines is 1. The summed E-state index contributed by atoms with van der Waals surface area (Å²) in [5, 5.41) is 15.9. The Hall–Kier alpha value is -2.26. The van der Waals surface area contributed by atoms with Crippen LogP contribution in [0.3, 0.4) is 0 Å². The standard InChI is InChI=1S/C27H40N6O2S/c1-17(2)26-31-30-18(3)33(26)22-14-20-8-9-21(15-22)32(20)13-12-23(24-10-11-25(36-24)28-16-34)29-27(35)19-6-4-5-7-19/h10-11,16-17,19-23H,4-9,12-15H2,1-3H3,(H,28,34)(H,29,35)/t20-,21-,23-/m0/s1. The number of fused-ring (bicyclic) bond motifs is 2. The molecule has 36 heavy (non-hydrogen) atoms. The second-order valence-corrected chi connectivity index (χ2v) is 12.3. The van der Waals surface area contributed by atoms with Crippen molar-refractivity contribution in [2.75, 3.05) is 11.9 Å². The zero-order valence-electron chi connectivity index (χ0n) is 21.8. The smallest absolute Gasteiger partial charge is 0.223 e. The van der Waals surface area contributed by atoms with Crippen molar-refractivity contribution in [3.05, 3.63) is 28.7 Å². The summed E-state index contributed by atoms with van der Waals surface area (Å²) in [5.41, 5.74) is 0. The summed E-state index contributed by atoms with van der Waals surface area (Å²) in [7, 11) is 0. The molecule has 8 nitrogen and oxygen atoms in total. The molecular formula is C27H40N6O2S. The predicted molar refractivity (Wildman–Crippen MR) is 142 cm³/mol. The van der Waals surface area contributed by atoms with E-state index in [0.29, 0.717) is 30.5 Å². The number of rotatable bonds is 10. The average Bonchev–Trinajstić information content (AvgIpc) is 3.64. The van der Waals surface area contributed by atoms with Crippen molar-refractivity contribution < 1.29 is 9.59 Å². The third kappa shape index (κ3) is 5.23. The maximum atomic E-state index is 13.0. The second kappa shape index (κ2) is 11.0. The van der Waals surface area contributed by atoms with Crippen LogP contribution in [0.1, 0.15) is 106 Å². The van der Waals surface area contributed by atoms with E-state index < -0.39 is 0 Å². The van der Waals surface area contributed by atoms with E-state index in [-0.39, 0.29) is 17.9 Å². The third-order valence-corrected chi connectivity index (χ3v) is 9.65. The van der Waals surface area contributed by atoms with E-state index in [1.54, 1.807) is 11.3 Å². The summed E-state index contributed by atoms with van der Waals surface area (Å²) in [6.07, 6.45) is 10.7. The summed E-state index contributed by atoms with van der Waals surface area (Å²) in [6.45, 7) is 7.46. The molecule has 2 N–H and O–H groups in total. The second-order valence-electron chi connectivity index (χ2n) is 11.2. The molecule has 3 atom stereocenters. The minimum Gasteiger partial charge on any atom is -0.348 e. The molecule has 2 amide bonds. The van der Waals surface area contributed by atoms with E-state index in [4.69, 9.17) is 0 Å². The Morgan fingerprint density at radius 3 is 2.50 bits per heavy atom. The van der Waals surface area contributed by atoms with Gasteiger partial charge in [0, 0.05) is 41.4 Å². The lowest BCUT2D eigenvalue weighted by Crippen LogP contribution is -2.45. The van der Waals surface area contributed by atoms with Crippen molar-refractivity contribution in [2.45, 2.75) is 109 Å². The summed E-state index contributed by atoms with van der Waals surface area (Å²) < 4.78 is 2.41. The fourth-order valence-corrected chi connectivity index (χ4v) is 7.72. The number of hydrogen-bond acceptors (Lipinski definition) is 6. The number of piperidine rings is 1. The minimum absolute atomic E-state index is 0.0185. The van der Waals surface area contributed by atoms with Gasteiger partial charge in [-0.25, -0.2) is 0 Å². The van der Waals surface area contributed by atoms with Crippen molar-refractivity contribution in [1.29, 1.82) is 0 Å². The number of amides is 2. The van der Waals surface area contributed by atoms with Crippen molar-refractivity contribution in [3.8, 4) is 0 Å². The number of hydrogen-bond donors (Lipinski definition) is 2. The molecule has 0 unspecified atom stereocenters. The number of thiophene rings is 1. The lowest BCUT2D eigenvalue weighted by Gasteiger charge is -2.40. The highest BCUT2D eigenvalue weighted by Crippen LogP contribution is 2.43. The Labute approximate surface area is 218 Å². The number of aryl methyl sites for hydroxylation is 1. The van der Waals surface area contributed by atoms with Gasteiger partial charge in [0.25, 0.3) is 0 Å². The van der Waals surface area contributed by atoms with Crippen LogP contribution in [0.15, 0.2) is 12.1 Å². The maximum Gasteiger partial charge on any atom is 0.223 e. The maximum absolute atomic E-state index is 13.0. The lowest BCUT2D eigenvalue weighted by atomic mass is 9.95. The molecule has 2 aromatic rings. The Morgan fingerprint density at radius 1 is 1.11 bits per heavy atom. The van der Waals surface area contributed by atoms with E-state index in [2.05, 4.69) is 57.1 Å². The third-order valence-electron chi connectivity index (χ3n) is 8.52. The molecule has 0 aromatic carbocycles. The van der Waals surface area contributed by atoms with Gasteiger partial charge in [0.2, 0.25) is 12.3 Å². The van der Waals surface area contributed by atoms with Gasteiger partial charge in [-0.15, -0.1) is 21.5 Å². The van der Waals surface area contributed by atoms with Crippen LogP contribution in [0.2, 0.25) is 0 Å². The Balaban J connectivity index is 1.27. The molecule has 0 spiro atoms. The monoisotopic (exact) mass is 512 g/mol. The van der Waals surface area contributed by atoms with E-state index in [0.717, 1.165) is 73.0 Å². The van der Waals surface area contributed by atoms with Crippen molar-refractivity contribution in [1.82, 2.24) is 25.0 Å². The van der Waals surface area contributed by atoms with Gasteiger partial charge in [-0.1, -0.05) is 26.7 Å². The van der Waals surface area contributed by atoms with Crippen LogP contribution in [0.25, 0.3) is 0 Å². The molecule has 4 heterocycles.